The van der Waals surface area contributed by atoms with Crippen LogP contribution in [0.5, 0.6) is 0 Å². The molecular weight excluding hydrogens is 749 g/mol. The molecule has 0 radical (unpaired) electrons. The second-order valence-electron chi connectivity index (χ2n) is 16.0. The molecular formula is C43H49F2N7O6. The molecule has 0 saturated carbocycles. The monoisotopic (exact) mass is 797 g/mol. The Bertz CT molecular complexity index is 2160. The van der Waals surface area contributed by atoms with Crippen molar-refractivity contribution in [3.05, 3.63) is 72.3 Å². The molecule has 2 saturated heterocycles. The van der Waals surface area contributed by atoms with Crippen LogP contribution in [-0.4, -0.2) is 99.3 Å². The molecule has 15 heteroatoms. The number of aromatic nitrogens is 4. The lowest BCUT2D eigenvalue weighted by atomic mass is 9.91. The van der Waals surface area contributed by atoms with Gasteiger partial charge < -0.3 is 34.6 Å². The van der Waals surface area contributed by atoms with Gasteiger partial charge in [-0.15, -0.1) is 0 Å². The van der Waals surface area contributed by atoms with Crippen LogP contribution in [0.3, 0.4) is 0 Å². The van der Waals surface area contributed by atoms with Crippen LogP contribution in [0.2, 0.25) is 0 Å². The number of likely N-dealkylation sites (tertiary alicyclic amines) is 2. The number of rotatable bonds is 11. The third-order valence-electron chi connectivity index (χ3n) is 11.4. The summed E-state index contributed by atoms with van der Waals surface area (Å²) in [7, 11) is 2.51. The van der Waals surface area contributed by atoms with Crippen molar-refractivity contribution in [2.75, 3.05) is 27.3 Å². The highest BCUT2D eigenvalue weighted by Gasteiger charge is 2.43. The number of carbonyl (C=O) groups excluding carboxylic acids is 4. The lowest BCUT2D eigenvalue weighted by molar-refractivity contribution is -0.148. The molecule has 0 bridgehead atoms. The Labute approximate surface area is 334 Å². The Hall–Kier alpha value is -5.86. The van der Waals surface area contributed by atoms with Crippen molar-refractivity contribution < 1.29 is 37.4 Å². The van der Waals surface area contributed by atoms with Crippen LogP contribution in [0.4, 0.5) is 13.6 Å². The Morgan fingerprint density at radius 1 is 0.707 bits per heavy atom. The molecule has 2 aliphatic rings. The number of nitrogens with one attached hydrogen (secondary N) is 3. The third kappa shape index (κ3) is 8.12. The quantitative estimate of drug-likeness (QED) is 0.118. The van der Waals surface area contributed by atoms with Gasteiger partial charge in [0.15, 0.2) is 0 Å². The van der Waals surface area contributed by atoms with E-state index >= 15 is 0 Å². The van der Waals surface area contributed by atoms with Crippen molar-refractivity contribution in [1.29, 1.82) is 0 Å². The second kappa shape index (κ2) is 16.5. The summed E-state index contributed by atoms with van der Waals surface area (Å²) in [5, 5.41) is 2.59. The second-order valence-corrected chi connectivity index (χ2v) is 16.0. The molecule has 2 fully saturated rings. The Kier molecular flexibility index (Phi) is 11.5. The van der Waals surface area contributed by atoms with Crippen molar-refractivity contribution in [1.82, 2.24) is 35.1 Å². The molecule has 2 aromatic heterocycles. The number of nitrogens with zero attached hydrogens (tertiary/aromatic N) is 4. The normalized spacial score (nSPS) is 20.6. The highest BCUT2D eigenvalue weighted by molar-refractivity contribution is 5.88. The van der Waals surface area contributed by atoms with Crippen LogP contribution in [0.25, 0.3) is 44.3 Å². The smallest absolute Gasteiger partial charge is 0.407 e. The van der Waals surface area contributed by atoms with E-state index in [-0.39, 0.29) is 50.1 Å². The number of carbonyl (C=O) groups is 4. The fraction of sp³-hybridized carbons (Fsp3) is 0.442. The number of hydrogen-bond acceptors (Lipinski definition) is 8. The fourth-order valence-corrected chi connectivity index (χ4v) is 8.13. The summed E-state index contributed by atoms with van der Waals surface area (Å²) in [6, 6.07) is 17.6. The molecule has 5 aromatic rings. The van der Waals surface area contributed by atoms with Crippen LogP contribution in [-0.2, 0) is 23.9 Å². The molecule has 6 atom stereocenters. The number of hydrogen-bond donors (Lipinski definition) is 3. The average molecular weight is 798 g/mol. The van der Waals surface area contributed by atoms with Gasteiger partial charge in [-0.1, -0.05) is 64.1 Å². The van der Waals surface area contributed by atoms with Crippen molar-refractivity contribution in [3.8, 4) is 22.3 Å². The van der Waals surface area contributed by atoms with Crippen LogP contribution in [0, 0.1) is 17.8 Å². The number of alkyl carbamates (subject to hydrolysis) is 1. The minimum atomic E-state index is -1.24. The van der Waals surface area contributed by atoms with E-state index in [2.05, 4.69) is 15.3 Å². The molecule has 0 spiro atoms. The molecule has 2 aliphatic heterocycles. The Morgan fingerprint density at radius 2 is 1.17 bits per heavy atom. The number of benzene rings is 3. The summed E-state index contributed by atoms with van der Waals surface area (Å²) in [6.45, 7) is 7.18. The first-order chi connectivity index (χ1) is 27.7. The lowest BCUT2D eigenvalue weighted by Crippen LogP contribution is -2.51. The zero-order valence-corrected chi connectivity index (χ0v) is 33.4. The van der Waals surface area contributed by atoms with Crippen LogP contribution >= 0.6 is 0 Å². The van der Waals surface area contributed by atoms with E-state index in [4.69, 9.17) is 19.4 Å². The summed E-state index contributed by atoms with van der Waals surface area (Å²) in [5.41, 5.74) is 6.65. The summed E-state index contributed by atoms with van der Waals surface area (Å²) in [5.74, 6) is -1.21. The number of H-pyrrole nitrogens is 2. The molecule has 7 rings (SSSR count). The number of aromatic amines is 2. The third-order valence-corrected chi connectivity index (χ3v) is 11.4. The minimum absolute atomic E-state index is 0.0623. The number of halogens is 2. The lowest BCUT2D eigenvalue weighted by Gasteiger charge is -2.29. The predicted octanol–water partition coefficient (Wildman–Crippen LogP) is 7.21. The van der Waals surface area contributed by atoms with E-state index in [1.807, 2.05) is 74.5 Å². The first-order valence-corrected chi connectivity index (χ1v) is 19.6. The van der Waals surface area contributed by atoms with E-state index < -0.39 is 54.4 Å². The van der Waals surface area contributed by atoms with Gasteiger partial charge in [0, 0.05) is 12.8 Å². The number of amides is 3. The van der Waals surface area contributed by atoms with Crippen molar-refractivity contribution >= 4 is 45.9 Å². The summed E-state index contributed by atoms with van der Waals surface area (Å²) in [4.78, 5) is 70.4. The Morgan fingerprint density at radius 3 is 1.60 bits per heavy atom. The maximum Gasteiger partial charge on any atom is 0.407 e. The number of fused-ring (bicyclic) bond motifs is 2. The van der Waals surface area contributed by atoms with E-state index in [1.54, 1.807) is 13.8 Å². The fourth-order valence-electron chi connectivity index (χ4n) is 8.13. The largest absolute Gasteiger partial charge is 0.469 e. The van der Waals surface area contributed by atoms with Gasteiger partial charge >= 0.3 is 12.1 Å². The molecule has 13 nitrogen and oxygen atoms in total. The molecule has 3 N–H and O–H groups in total. The summed E-state index contributed by atoms with van der Waals surface area (Å²) in [6.07, 6.45) is -3.05. The zero-order chi connectivity index (χ0) is 41.4. The standard InChI is InChI=1S/C43H49F2N7O6/c1-22(2)30(19-37(53)57-5)41(54)51-20-28(44)17-35(51)39-46-31-13-11-26(15-33(31)48-39)24-7-9-25(10-8-24)27-12-14-32-34(16-27)49-40(47-32)36-18-29(45)21-52(36)42(55)38(23(3)4)50-43(56)58-6/h7-16,22-23,28-30,35-36,38H,17-21H2,1-6H3,(H,46,48)(H,47,49)(H,50,56)/t28-,29-,30+,35+,36+,38+/m1/s1. The highest BCUT2D eigenvalue weighted by Crippen LogP contribution is 2.38. The van der Waals surface area contributed by atoms with Crippen molar-refractivity contribution in [2.45, 2.75) is 77.4 Å². The van der Waals surface area contributed by atoms with E-state index in [0.29, 0.717) is 22.7 Å². The first-order valence-electron chi connectivity index (χ1n) is 19.6. The van der Waals surface area contributed by atoms with Gasteiger partial charge in [0.2, 0.25) is 11.8 Å². The number of imidazole rings is 2. The predicted molar refractivity (Wildman–Crippen MR) is 214 cm³/mol. The maximum absolute atomic E-state index is 14.9. The van der Waals surface area contributed by atoms with Gasteiger partial charge in [-0.3, -0.25) is 14.4 Å². The highest BCUT2D eigenvalue weighted by atomic mass is 19.1. The minimum Gasteiger partial charge on any atom is -0.469 e. The average Bonchev–Trinajstić information content (AvgIpc) is 4.01. The van der Waals surface area contributed by atoms with Gasteiger partial charge in [-0.25, -0.2) is 23.5 Å². The molecule has 3 aromatic carbocycles. The summed E-state index contributed by atoms with van der Waals surface area (Å²) < 4.78 is 39.3. The Balaban J connectivity index is 1.08. The molecule has 58 heavy (non-hydrogen) atoms. The van der Waals surface area contributed by atoms with Gasteiger partial charge in [-0.05, 0) is 58.4 Å². The zero-order valence-electron chi connectivity index (χ0n) is 33.4. The number of alkyl halides is 2. The van der Waals surface area contributed by atoms with Crippen molar-refractivity contribution in [2.24, 2.45) is 17.8 Å². The SMILES string of the molecule is COC(=O)C[C@H](C(=O)N1C[C@H](F)C[C@H]1c1nc2ccc(-c3ccc(-c4ccc5nc([C@@H]6C[C@@H](F)CN6C(=O)[C@@H](NC(=O)OC)C(C)C)[nH]c5c4)cc3)cc2[nH]1)C(C)C. The summed E-state index contributed by atoms with van der Waals surface area (Å²) >= 11 is 0. The maximum atomic E-state index is 14.9. The van der Waals surface area contributed by atoms with Gasteiger partial charge in [-0.2, -0.15) is 0 Å². The molecule has 0 aliphatic carbocycles. The van der Waals surface area contributed by atoms with E-state index in [1.165, 1.54) is 24.0 Å². The van der Waals surface area contributed by atoms with Crippen LogP contribution in [0.1, 0.15) is 70.7 Å². The van der Waals surface area contributed by atoms with Crippen molar-refractivity contribution in [3.63, 3.8) is 0 Å². The van der Waals surface area contributed by atoms with Gasteiger partial charge in [0.05, 0.1) is 73.8 Å². The number of esters is 1. The van der Waals surface area contributed by atoms with Crippen LogP contribution in [0.15, 0.2) is 60.7 Å². The van der Waals surface area contributed by atoms with E-state index in [9.17, 15) is 28.0 Å². The molecule has 3 amide bonds. The van der Waals surface area contributed by atoms with Gasteiger partial charge in [0.1, 0.15) is 30.0 Å². The molecule has 4 heterocycles. The first kappa shape index (κ1) is 40.3. The molecule has 306 valence electrons. The van der Waals surface area contributed by atoms with Gasteiger partial charge in [0.25, 0.3) is 0 Å². The van der Waals surface area contributed by atoms with Crippen LogP contribution < -0.4 is 5.32 Å². The number of methoxy groups -OCH3 is 2. The number of ether oxygens (including phenoxy) is 2. The molecule has 0 unspecified atom stereocenters. The topological polar surface area (TPSA) is 163 Å². The van der Waals surface area contributed by atoms with E-state index in [0.717, 1.165) is 33.3 Å².